The first-order chi connectivity index (χ1) is 11.6. The fourth-order valence-electron chi connectivity index (χ4n) is 2.98. The topological polar surface area (TPSA) is 81.6 Å². The van der Waals surface area contributed by atoms with Crippen molar-refractivity contribution in [3.05, 3.63) is 42.2 Å². The molecule has 0 saturated carbocycles. The maximum atomic E-state index is 12.8. The molecule has 1 fully saturated rings. The van der Waals surface area contributed by atoms with Gasteiger partial charge >= 0.3 is 6.01 Å². The second kappa shape index (κ2) is 6.03. The molecule has 0 amide bonds. The summed E-state index contributed by atoms with van der Waals surface area (Å²) < 4.78 is 38.2. The molecule has 126 valence electrons. The van der Waals surface area contributed by atoms with Crippen LogP contribution in [0, 0.1) is 0 Å². The van der Waals surface area contributed by atoms with Crippen molar-refractivity contribution in [1.29, 1.82) is 0 Å². The van der Waals surface area contributed by atoms with Gasteiger partial charge in [0.05, 0.1) is 18.0 Å². The van der Waals surface area contributed by atoms with Gasteiger partial charge in [-0.25, -0.2) is 18.4 Å². The molecule has 1 aromatic carbocycles. The Kier molecular flexibility index (Phi) is 3.85. The number of hydrogen-bond donors (Lipinski definition) is 0. The molecule has 4 rings (SSSR count). The Morgan fingerprint density at radius 1 is 1.25 bits per heavy atom. The van der Waals surface area contributed by atoms with Gasteiger partial charge in [0.15, 0.2) is 0 Å². The average molecular weight is 347 g/mol. The minimum Gasteiger partial charge on any atom is -0.493 e. The zero-order chi connectivity index (χ0) is 16.6. The number of sulfonamides is 1. The lowest BCUT2D eigenvalue weighted by molar-refractivity contribution is 0.197. The number of aromatic nitrogens is 2. The summed E-state index contributed by atoms with van der Waals surface area (Å²) in [6.45, 7) is 1.33. The quantitative estimate of drug-likeness (QED) is 0.828. The highest BCUT2D eigenvalue weighted by atomic mass is 32.2. The zero-order valence-electron chi connectivity index (χ0n) is 13.0. The van der Waals surface area contributed by atoms with E-state index in [1.54, 1.807) is 36.7 Å². The van der Waals surface area contributed by atoms with E-state index in [0.29, 0.717) is 31.0 Å². The molecular weight excluding hydrogens is 330 g/mol. The minimum atomic E-state index is -3.53. The normalized spacial score (nSPS) is 20.6. The summed E-state index contributed by atoms with van der Waals surface area (Å²) >= 11 is 0. The van der Waals surface area contributed by atoms with Gasteiger partial charge in [-0.2, -0.15) is 4.31 Å². The van der Waals surface area contributed by atoms with E-state index >= 15 is 0 Å². The smallest absolute Gasteiger partial charge is 0.316 e. The molecule has 2 aliphatic heterocycles. The van der Waals surface area contributed by atoms with Crippen LogP contribution in [-0.4, -0.2) is 48.5 Å². The Hall–Kier alpha value is -2.19. The van der Waals surface area contributed by atoms with Crippen molar-refractivity contribution >= 4 is 10.0 Å². The summed E-state index contributed by atoms with van der Waals surface area (Å²) in [5, 5.41) is 0. The van der Waals surface area contributed by atoms with E-state index in [0.717, 1.165) is 17.7 Å². The van der Waals surface area contributed by atoms with Gasteiger partial charge < -0.3 is 9.47 Å². The largest absolute Gasteiger partial charge is 0.493 e. The summed E-state index contributed by atoms with van der Waals surface area (Å²) in [6, 6.07) is 7.03. The van der Waals surface area contributed by atoms with E-state index in [9.17, 15) is 8.42 Å². The van der Waals surface area contributed by atoms with E-state index < -0.39 is 10.0 Å². The highest BCUT2D eigenvalue weighted by Crippen LogP contribution is 2.30. The van der Waals surface area contributed by atoms with Crippen LogP contribution in [0.2, 0.25) is 0 Å². The van der Waals surface area contributed by atoms with E-state index in [4.69, 9.17) is 9.47 Å². The van der Waals surface area contributed by atoms with Gasteiger partial charge in [-0.05, 0) is 36.2 Å². The molecule has 24 heavy (non-hydrogen) atoms. The Morgan fingerprint density at radius 2 is 2.08 bits per heavy atom. The van der Waals surface area contributed by atoms with Gasteiger partial charge in [0.2, 0.25) is 10.0 Å². The van der Waals surface area contributed by atoms with Crippen molar-refractivity contribution in [1.82, 2.24) is 14.3 Å². The molecule has 2 aliphatic rings. The molecule has 0 N–H and O–H groups in total. The molecule has 3 heterocycles. The summed E-state index contributed by atoms with van der Waals surface area (Å²) in [6.07, 6.45) is 4.32. The van der Waals surface area contributed by atoms with Gasteiger partial charge in [0.1, 0.15) is 11.9 Å². The third-order valence-corrected chi connectivity index (χ3v) is 6.08. The van der Waals surface area contributed by atoms with Gasteiger partial charge in [0, 0.05) is 25.4 Å². The van der Waals surface area contributed by atoms with Crippen LogP contribution in [-0.2, 0) is 16.4 Å². The van der Waals surface area contributed by atoms with Crippen LogP contribution in [0.25, 0.3) is 0 Å². The molecule has 7 nitrogen and oxygen atoms in total. The predicted molar refractivity (Wildman–Crippen MR) is 85.5 cm³/mol. The molecule has 2 aromatic rings. The molecule has 1 aromatic heterocycles. The van der Waals surface area contributed by atoms with Crippen molar-refractivity contribution in [2.45, 2.75) is 23.8 Å². The highest BCUT2D eigenvalue weighted by Gasteiger charge is 2.34. The van der Waals surface area contributed by atoms with Crippen LogP contribution in [0.4, 0.5) is 0 Å². The first-order valence-corrected chi connectivity index (χ1v) is 9.26. The lowest BCUT2D eigenvalue weighted by Crippen LogP contribution is -2.31. The molecule has 1 atom stereocenters. The lowest BCUT2D eigenvalue weighted by atomic mass is 10.2. The third kappa shape index (κ3) is 2.83. The van der Waals surface area contributed by atoms with Crippen LogP contribution in [0.15, 0.2) is 41.6 Å². The Bertz CT molecular complexity index is 842. The van der Waals surface area contributed by atoms with E-state index in [1.807, 2.05) is 0 Å². The number of hydrogen-bond acceptors (Lipinski definition) is 6. The molecule has 0 aliphatic carbocycles. The van der Waals surface area contributed by atoms with Gasteiger partial charge in [-0.3, -0.25) is 0 Å². The number of fused-ring (bicyclic) bond motifs is 1. The second-order valence-electron chi connectivity index (χ2n) is 5.79. The number of benzene rings is 1. The molecule has 8 heteroatoms. The maximum Gasteiger partial charge on any atom is 0.316 e. The molecule has 0 bridgehead atoms. The monoisotopic (exact) mass is 347 g/mol. The molecule has 1 saturated heterocycles. The Balaban J connectivity index is 1.49. The fourth-order valence-corrected chi connectivity index (χ4v) is 4.52. The molecule has 0 radical (unpaired) electrons. The molecule has 1 unspecified atom stereocenters. The van der Waals surface area contributed by atoms with E-state index in [-0.39, 0.29) is 12.1 Å². The maximum absolute atomic E-state index is 12.8. The Morgan fingerprint density at radius 3 is 2.92 bits per heavy atom. The summed E-state index contributed by atoms with van der Waals surface area (Å²) in [4.78, 5) is 8.33. The first kappa shape index (κ1) is 15.3. The van der Waals surface area contributed by atoms with Gasteiger partial charge in [-0.15, -0.1) is 0 Å². The third-order valence-electron chi connectivity index (χ3n) is 4.22. The van der Waals surface area contributed by atoms with Crippen LogP contribution in [0.1, 0.15) is 12.0 Å². The second-order valence-corrected chi connectivity index (χ2v) is 7.73. The van der Waals surface area contributed by atoms with Gasteiger partial charge in [0.25, 0.3) is 0 Å². The predicted octanol–water partition coefficient (Wildman–Crippen LogP) is 1.25. The summed E-state index contributed by atoms with van der Waals surface area (Å²) in [5.41, 5.74) is 0.945. The van der Waals surface area contributed by atoms with Crippen molar-refractivity contribution in [2.75, 3.05) is 19.7 Å². The fraction of sp³-hybridized carbons (Fsp3) is 0.375. The van der Waals surface area contributed by atoms with E-state index in [1.165, 1.54) is 4.31 Å². The van der Waals surface area contributed by atoms with Crippen LogP contribution in [0.3, 0.4) is 0 Å². The lowest BCUT2D eigenvalue weighted by Gasteiger charge is -2.17. The van der Waals surface area contributed by atoms with Crippen molar-refractivity contribution in [3.63, 3.8) is 0 Å². The van der Waals surface area contributed by atoms with Crippen LogP contribution >= 0.6 is 0 Å². The SMILES string of the molecule is O=S(=O)(c1ccc2c(c1)CCO2)N1CCC(Oc2ncccn2)C1. The highest BCUT2D eigenvalue weighted by molar-refractivity contribution is 7.89. The summed E-state index contributed by atoms with van der Waals surface area (Å²) in [7, 11) is -3.53. The van der Waals surface area contributed by atoms with Crippen LogP contribution < -0.4 is 9.47 Å². The zero-order valence-corrected chi connectivity index (χ0v) is 13.8. The van der Waals surface area contributed by atoms with Crippen molar-refractivity contribution in [3.8, 4) is 11.8 Å². The number of rotatable bonds is 4. The van der Waals surface area contributed by atoms with Crippen molar-refractivity contribution < 1.29 is 17.9 Å². The Labute approximate surface area is 140 Å². The number of nitrogens with zero attached hydrogens (tertiary/aromatic N) is 3. The van der Waals surface area contributed by atoms with Crippen LogP contribution in [0.5, 0.6) is 11.8 Å². The average Bonchev–Trinajstić information content (AvgIpc) is 3.24. The standard InChI is InChI=1S/C16H17N3O4S/c20-24(21,14-2-3-15-12(10-14)5-9-22-15)19-8-4-13(11-19)23-16-17-6-1-7-18-16/h1-3,6-7,10,13H,4-5,8-9,11H2. The molecular formula is C16H17N3O4S. The minimum absolute atomic E-state index is 0.236. The number of ether oxygens (including phenoxy) is 2. The van der Waals surface area contributed by atoms with Crippen molar-refractivity contribution in [2.24, 2.45) is 0 Å². The summed E-state index contributed by atoms with van der Waals surface area (Å²) in [5.74, 6) is 0.776. The molecule has 0 spiro atoms. The first-order valence-electron chi connectivity index (χ1n) is 7.82. The van der Waals surface area contributed by atoms with E-state index in [2.05, 4.69) is 9.97 Å². The van der Waals surface area contributed by atoms with Gasteiger partial charge in [-0.1, -0.05) is 0 Å².